The maximum absolute atomic E-state index is 12.2. The van der Waals surface area contributed by atoms with Gasteiger partial charge in [-0.1, -0.05) is 12.1 Å². The Morgan fingerprint density at radius 3 is 2.81 bits per heavy atom. The molecule has 8 heteroatoms. The molecule has 3 N–H and O–H groups in total. The monoisotopic (exact) mass is 432 g/mol. The molecule has 2 aromatic heterocycles. The van der Waals surface area contributed by atoms with Crippen LogP contribution >= 0.6 is 0 Å². The number of aromatic amines is 1. The van der Waals surface area contributed by atoms with Crippen LogP contribution in [0.3, 0.4) is 0 Å². The van der Waals surface area contributed by atoms with Crippen molar-refractivity contribution in [2.45, 2.75) is 38.3 Å². The summed E-state index contributed by atoms with van der Waals surface area (Å²) in [6.07, 6.45) is 3.06. The molecule has 0 atom stereocenters. The van der Waals surface area contributed by atoms with Crippen LogP contribution in [0.5, 0.6) is 0 Å². The summed E-state index contributed by atoms with van der Waals surface area (Å²) < 4.78 is 5.48. The van der Waals surface area contributed by atoms with E-state index in [1.165, 1.54) is 0 Å². The van der Waals surface area contributed by atoms with Crippen LogP contribution in [-0.4, -0.2) is 70.7 Å². The summed E-state index contributed by atoms with van der Waals surface area (Å²) >= 11 is 0. The van der Waals surface area contributed by atoms with Crippen LogP contribution < -0.4 is 10.6 Å². The molecule has 0 unspecified atom stereocenters. The number of benzene rings is 1. The van der Waals surface area contributed by atoms with E-state index in [1.807, 2.05) is 31.2 Å². The maximum atomic E-state index is 12.2. The minimum absolute atomic E-state index is 0.0157. The standard InChI is InChI=1S/C24H28N6O2/c1-14-23(27-15-11-16(12-15)30-7-9-32-10-8-30)29-22-17(3-2-4-20(22)26-14)21-13-18-19(28-21)5-6-25-24(18)31/h2-4,13,15-16,28H,5-12H2,1H3,(H,25,31)(H,27,29)/t15-,16-. The van der Waals surface area contributed by atoms with Crippen molar-refractivity contribution in [1.82, 2.24) is 25.2 Å². The third kappa shape index (κ3) is 3.43. The van der Waals surface area contributed by atoms with Crippen LogP contribution in [-0.2, 0) is 11.2 Å². The predicted molar refractivity (Wildman–Crippen MR) is 123 cm³/mol. The number of aromatic nitrogens is 3. The highest BCUT2D eigenvalue weighted by molar-refractivity contribution is 5.99. The number of fused-ring (bicyclic) bond motifs is 2. The minimum Gasteiger partial charge on any atom is -0.379 e. The Morgan fingerprint density at radius 1 is 1.16 bits per heavy atom. The number of amides is 1. The van der Waals surface area contributed by atoms with E-state index >= 15 is 0 Å². The second kappa shape index (κ2) is 7.86. The number of morpholine rings is 1. The van der Waals surface area contributed by atoms with E-state index in [4.69, 9.17) is 14.7 Å². The van der Waals surface area contributed by atoms with E-state index in [9.17, 15) is 4.79 Å². The first-order valence-corrected chi connectivity index (χ1v) is 11.5. The normalized spacial score (nSPS) is 23.5. The molecule has 8 nitrogen and oxygen atoms in total. The molecule has 6 rings (SSSR count). The number of hydrogen-bond donors (Lipinski definition) is 3. The molecule has 1 amide bonds. The molecule has 1 aliphatic carbocycles. The van der Waals surface area contributed by atoms with E-state index in [1.54, 1.807) is 0 Å². The number of para-hydroxylation sites is 1. The average molecular weight is 433 g/mol. The molecule has 32 heavy (non-hydrogen) atoms. The van der Waals surface area contributed by atoms with Crippen molar-refractivity contribution < 1.29 is 9.53 Å². The number of nitrogens with zero attached hydrogens (tertiary/aromatic N) is 3. The lowest BCUT2D eigenvalue weighted by Gasteiger charge is -2.44. The largest absolute Gasteiger partial charge is 0.379 e. The summed E-state index contributed by atoms with van der Waals surface area (Å²) in [4.78, 5) is 28.0. The van der Waals surface area contributed by atoms with Gasteiger partial charge in [-0.05, 0) is 31.9 Å². The highest BCUT2D eigenvalue weighted by Crippen LogP contribution is 2.32. The molecule has 0 radical (unpaired) electrons. The summed E-state index contributed by atoms with van der Waals surface area (Å²) in [5.41, 5.74) is 6.23. The fourth-order valence-electron chi connectivity index (χ4n) is 5.10. The SMILES string of the molecule is Cc1nc2cccc(-c3cc4c([nH]3)CCNC4=O)c2nc1N[C@H]1C[C@H](N2CCOCC2)C1. The number of carbonyl (C=O) groups is 1. The van der Waals surface area contributed by atoms with Crippen molar-refractivity contribution in [2.24, 2.45) is 0 Å². The first-order valence-electron chi connectivity index (χ1n) is 11.5. The molecule has 1 saturated heterocycles. The van der Waals surface area contributed by atoms with Crippen LogP contribution in [0.15, 0.2) is 24.3 Å². The number of aryl methyl sites for hydroxylation is 1. The first-order chi connectivity index (χ1) is 15.7. The average Bonchev–Trinajstić information content (AvgIpc) is 3.22. The van der Waals surface area contributed by atoms with E-state index in [0.29, 0.717) is 18.6 Å². The molecule has 2 aliphatic heterocycles. The van der Waals surface area contributed by atoms with E-state index in [2.05, 4.69) is 20.5 Å². The van der Waals surface area contributed by atoms with Gasteiger partial charge in [0.05, 0.1) is 30.0 Å². The summed E-state index contributed by atoms with van der Waals surface area (Å²) in [5, 5.41) is 6.55. The molecule has 3 aliphatic rings. The highest BCUT2D eigenvalue weighted by Gasteiger charge is 2.34. The fraction of sp³-hybridized carbons (Fsp3) is 0.458. The molecule has 166 valence electrons. The topological polar surface area (TPSA) is 95.2 Å². The van der Waals surface area contributed by atoms with Crippen LogP contribution in [0.25, 0.3) is 22.3 Å². The minimum atomic E-state index is -0.0157. The van der Waals surface area contributed by atoms with Gasteiger partial charge in [0.25, 0.3) is 5.91 Å². The Morgan fingerprint density at radius 2 is 2.00 bits per heavy atom. The Bertz CT molecular complexity index is 1180. The molecule has 2 fully saturated rings. The van der Waals surface area contributed by atoms with Gasteiger partial charge < -0.3 is 20.4 Å². The quantitative estimate of drug-likeness (QED) is 0.586. The first kappa shape index (κ1) is 19.7. The lowest BCUT2D eigenvalue weighted by molar-refractivity contribution is -0.00439. The fourth-order valence-corrected chi connectivity index (χ4v) is 5.10. The summed E-state index contributed by atoms with van der Waals surface area (Å²) in [5.74, 6) is 0.836. The van der Waals surface area contributed by atoms with Gasteiger partial charge in [-0.2, -0.15) is 0 Å². The van der Waals surface area contributed by atoms with E-state index in [-0.39, 0.29) is 5.91 Å². The van der Waals surface area contributed by atoms with Crippen molar-refractivity contribution in [2.75, 3.05) is 38.2 Å². The zero-order chi connectivity index (χ0) is 21.7. The van der Waals surface area contributed by atoms with Gasteiger partial charge in [0.15, 0.2) is 0 Å². The lowest BCUT2D eigenvalue weighted by atomic mass is 9.85. The van der Waals surface area contributed by atoms with Crippen molar-refractivity contribution in [3.8, 4) is 11.3 Å². The van der Waals surface area contributed by atoms with Crippen molar-refractivity contribution in [3.05, 3.63) is 41.2 Å². The van der Waals surface area contributed by atoms with Crippen molar-refractivity contribution in [1.29, 1.82) is 0 Å². The molecule has 0 spiro atoms. The van der Waals surface area contributed by atoms with Crippen LogP contribution in [0.1, 0.15) is 34.6 Å². The number of carbonyl (C=O) groups excluding carboxylic acids is 1. The van der Waals surface area contributed by atoms with Gasteiger partial charge in [-0.15, -0.1) is 0 Å². The Hall–Kier alpha value is -2.97. The van der Waals surface area contributed by atoms with Gasteiger partial charge in [-0.3, -0.25) is 9.69 Å². The smallest absolute Gasteiger partial charge is 0.253 e. The van der Waals surface area contributed by atoms with Crippen molar-refractivity contribution >= 4 is 22.8 Å². The summed E-state index contributed by atoms with van der Waals surface area (Å²) in [6, 6.07) is 9.03. The number of hydrogen-bond acceptors (Lipinski definition) is 6. The van der Waals surface area contributed by atoms with Gasteiger partial charge in [0.1, 0.15) is 11.3 Å². The zero-order valence-electron chi connectivity index (χ0n) is 18.3. The molecular formula is C24H28N6O2. The predicted octanol–water partition coefficient (Wildman–Crippen LogP) is 2.49. The second-order valence-corrected chi connectivity index (χ2v) is 9.03. The highest BCUT2D eigenvalue weighted by atomic mass is 16.5. The van der Waals surface area contributed by atoms with E-state index in [0.717, 1.165) is 90.6 Å². The third-order valence-electron chi connectivity index (χ3n) is 6.98. The maximum Gasteiger partial charge on any atom is 0.253 e. The number of anilines is 1. The van der Waals surface area contributed by atoms with E-state index < -0.39 is 0 Å². The zero-order valence-corrected chi connectivity index (χ0v) is 18.3. The molecule has 4 heterocycles. The van der Waals surface area contributed by atoms with Gasteiger partial charge in [0, 0.05) is 55.1 Å². The van der Waals surface area contributed by atoms with Gasteiger partial charge in [0.2, 0.25) is 0 Å². The summed E-state index contributed by atoms with van der Waals surface area (Å²) in [7, 11) is 0. The Kier molecular flexibility index (Phi) is 4.84. The molecule has 3 aromatic rings. The molecule has 0 bridgehead atoms. The van der Waals surface area contributed by atoms with Gasteiger partial charge in [-0.25, -0.2) is 9.97 Å². The molecule has 1 saturated carbocycles. The van der Waals surface area contributed by atoms with Crippen LogP contribution in [0, 0.1) is 6.92 Å². The number of nitrogens with one attached hydrogen (secondary N) is 3. The number of rotatable bonds is 4. The van der Waals surface area contributed by atoms with Crippen molar-refractivity contribution in [3.63, 3.8) is 0 Å². The number of ether oxygens (including phenoxy) is 1. The number of H-pyrrole nitrogens is 1. The molecule has 1 aromatic carbocycles. The van der Waals surface area contributed by atoms with Crippen LogP contribution in [0.2, 0.25) is 0 Å². The Labute approximate surface area is 186 Å². The second-order valence-electron chi connectivity index (χ2n) is 9.03. The van der Waals surface area contributed by atoms with Gasteiger partial charge >= 0.3 is 0 Å². The Balaban J connectivity index is 1.27. The molecular weight excluding hydrogens is 404 g/mol. The third-order valence-corrected chi connectivity index (χ3v) is 6.98. The van der Waals surface area contributed by atoms with Crippen LogP contribution in [0.4, 0.5) is 5.82 Å². The lowest BCUT2D eigenvalue weighted by Crippen LogP contribution is -2.53. The summed E-state index contributed by atoms with van der Waals surface area (Å²) in [6.45, 7) is 6.44.